The van der Waals surface area contributed by atoms with E-state index in [1.54, 1.807) is 30.3 Å². The van der Waals surface area contributed by atoms with Gasteiger partial charge in [-0.15, -0.1) is 0 Å². The number of hydrazone groups is 1. The maximum Gasteiger partial charge on any atom is 0.259 e. The largest absolute Gasteiger partial charge is 0.455 e. The highest BCUT2D eigenvalue weighted by Crippen LogP contribution is 2.31. The van der Waals surface area contributed by atoms with Crippen molar-refractivity contribution in [2.75, 3.05) is 11.9 Å². The van der Waals surface area contributed by atoms with E-state index >= 15 is 0 Å². The van der Waals surface area contributed by atoms with E-state index in [0.29, 0.717) is 21.6 Å². The summed E-state index contributed by atoms with van der Waals surface area (Å²) >= 11 is 12.1. The number of carbonyl (C=O) groups excluding carboxylic acids is 1. The van der Waals surface area contributed by atoms with Gasteiger partial charge in [-0.2, -0.15) is 5.10 Å². The predicted molar refractivity (Wildman–Crippen MR) is 110 cm³/mol. The van der Waals surface area contributed by atoms with Gasteiger partial charge >= 0.3 is 0 Å². The Hall–Kier alpha value is -2.76. The van der Waals surface area contributed by atoms with Crippen LogP contribution in [0.15, 0.2) is 64.1 Å². The average Bonchev–Trinajstić information content (AvgIpc) is 3.08. The molecule has 0 aliphatic rings. The van der Waals surface area contributed by atoms with Crippen LogP contribution in [0.25, 0.3) is 11.3 Å². The lowest BCUT2D eigenvalue weighted by Gasteiger charge is -2.05. The van der Waals surface area contributed by atoms with E-state index in [4.69, 9.17) is 27.6 Å². The van der Waals surface area contributed by atoms with Crippen molar-refractivity contribution >= 4 is 41.0 Å². The number of amides is 1. The minimum absolute atomic E-state index is 0.116. The van der Waals surface area contributed by atoms with E-state index in [-0.39, 0.29) is 12.5 Å². The first kappa shape index (κ1) is 19.0. The number of halogens is 2. The first-order valence-electron chi connectivity index (χ1n) is 8.19. The van der Waals surface area contributed by atoms with Crippen molar-refractivity contribution in [3.8, 4) is 11.3 Å². The van der Waals surface area contributed by atoms with Gasteiger partial charge in [0.2, 0.25) is 0 Å². The van der Waals surface area contributed by atoms with Gasteiger partial charge in [-0.05, 0) is 55.0 Å². The first-order valence-corrected chi connectivity index (χ1v) is 8.94. The molecule has 0 saturated carbocycles. The van der Waals surface area contributed by atoms with Crippen molar-refractivity contribution in [2.45, 2.75) is 6.92 Å². The minimum Gasteiger partial charge on any atom is -0.455 e. The number of furan rings is 1. The van der Waals surface area contributed by atoms with Crippen LogP contribution in [-0.2, 0) is 4.79 Å². The van der Waals surface area contributed by atoms with Gasteiger partial charge in [0.1, 0.15) is 11.5 Å². The van der Waals surface area contributed by atoms with Crippen LogP contribution in [-0.4, -0.2) is 18.7 Å². The van der Waals surface area contributed by atoms with Crippen LogP contribution in [0.5, 0.6) is 0 Å². The lowest BCUT2D eigenvalue weighted by molar-refractivity contribution is -0.119. The molecule has 138 valence electrons. The second-order valence-corrected chi connectivity index (χ2v) is 6.69. The van der Waals surface area contributed by atoms with E-state index in [2.05, 4.69) is 15.8 Å². The number of rotatable bonds is 6. The molecule has 0 spiro atoms. The molecule has 0 unspecified atom stereocenters. The molecular weight excluding hydrogens is 385 g/mol. The van der Waals surface area contributed by atoms with Crippen molar-refractivity contribution in [1.82, 2.24) is 5.43 Å². The quantitative estimate of drug-likeness (QED) is 0.444. The smallest absolute Gasteiger partial charge is 0.259 e. The zero-order chi connectivity index (χ0) is 19.2. The molecule has 0 radical (unpaired) electrons. The lowest BCUT2D eigenvalue weighted by Crippen LogP contribution is -2.25. The minimum atomic E-state index is -0.264. The van der Waals surface area contributed by atoms with Gasteiger partial charge in [0.15, 0.2) is 0 Å². The van der Waals surface area contributed by atoms with E-state index < -0.39 is 0 Å². The summed E-state index contributed by atoms with van der Waals surface area (Å²) in [7, 11) is 0. The van der Waals surface area contributed by atoms with Crippen LogP contribution in [0.2, 0.25) is 10.0 Å². The van der Waals surface area contributed by atoms with Crippen LogP contribution < -0.4 is 10.7 Å². The third-order valence-corrected chi connectivity index (χ3v) is 4.22. The predicted octanol–water partition coefficient (Wildman–Crippen LogP) is 5.12. The van der Waals surface area contributed by atoms with E-state index in [1.807, 2.05) is 31.2 Å². The molecule has 1 heterocycles. The summed E-state index contributed by atoms with van der Waals surface area (Å²) in [5, 5.41) is 7.99. The monoisotopic (exact) mass is 401 g/mol. The van der Waals surface area contributed by atoms with Crippen molar-refractivity contribution in [2.24, 2.45) is 5.10 Å². The topological polar surface area (TPSA) is 66.6 Å². The van der Waals surface area contributed by atoms with Gasteiger partial charge in [-0.1, -0.05) is 35.3 Å². The standard InChI is InChI=1S/C20H17Cl2N3O2/c1-13-3-2-4-15(9-13)23-12-20(26)25-24-11-16-6-8-19(27-16)17-7-5-14(21)10-18(17)22/h2-11,23H,12H2,1H3,(H,25,26)/b24-11-. The lowest BCUT2D eigenvalue weighted by atomic mass is 10.2. The van der Waals surface area contributed by atoms with Crippen LogP contribution in [0.3, 0.4) is 0 Å². The molecule has 27 heavy (non-hydrogen) atoms. The summed E-state index contributed by atoms with van der Waals surface area (Å²) in [6.45, 7) is 2.11. The molecule has 0 aliphatic heterocycles. The second-order valence-electron chi connectivity index (χ2n) is 5.84. The van der Waals surface area contributed by atoms with Crippen molar-refractivity contribution in [3.63, 3.8) is 0 Å². The Kier molecular flexibility index (Phi) is 6.16. The van der Waals surface area contributed by atoms with E-state index in [0.717, 1.165) is 16.8 Å². The third-order valence-electron chi connectivity index (χ3n) is 3.68. The van der Waals surface area contributed by atoms with Gasteiger partial charge in [0, 0.05) is 16.3 Å². The Balaban J connectivity index is 1.54. The molecule has 0 bridgehead atoms. The Morgan fingerprint density at radius 2 is 2.00 bits per heavy atom. The van der Waals surface area contributed by atoms with Gasteiger partial charge < -0.3 is 9.73 Å². The third kappa shape index (κ3) is 5.36. The number of nitrogens with one attached hydrogen (secondary N) is 2. The summed E-state index contributed by atoms with van der Waals surface area (Å²) in [6.07, 6.45) is 1.43. The zero-order valence-corrected chi connectivity index (χ0v) is 16.0. The van der Waals surface area contributed by atoms with Gasteiger partial charge in [0.25, 0.3) is 5.91 Å². The number of hydrogen-bond acceptors (Lipinski definition) is 4. The fourth-order valence-corrected chi connectivity index (χ4v) is 2.90. The zero-order valence-electron chi connectivity index (χ0n) is 14.5. The summed E-state index contributed by atoms with van der Waals surface area (Å²) in [4.78, 5) is 11.8. The number of anilines is 1. The fraction of sp³-hybridized carbons (Fsp3) is 0.100. The highest BCUT2D eigenvalue weighted by molar-refractivity contribution is 6.36. The van der Waals surface area contributed by atoms with Crippen molar-refractivity contribution in [1.29, 1.82) is 0 Å². The maximum absolute atomic E-state index is 11.8. The molecule has 0 atom stereocenters. The number of carbonyl (C=O) groups is 1. The molecule has 0 aliphatic carbocycles. The van der Waals surface area contributed by atoms with Crippen LogP contribution in [0.4, 0.5) is 5.69 Å². The highest BCUT2D eigenvalue weighted by Gasteiger charge is 2.08. The molecular formula is C20H17Cl2N3O2. The molecule has 3 aromatic rings. The summed E-state index contributed by atoms with van der Waals surface area (Å²) in [5.74, 6) is 0.814. The first-order chi connectivity index (χ1) is 13.0. The van der Waals surface area contributed by atoms with Crippen LogP contribution in [0.1, 0.15) is 11.3 Å². The van der Waals surface area contributed by atoms with E-state index in [9.17, 15) is 4.79 Å². The Bertz CT molecular complexity index is 983. The van der Waals surface area contributed by atoms with Crippen LogP contribution in [0, 0.1) is 6.92 Å². The molecule has 7 heteroatoms. The second kappa shape index (κ2) is 8.75. The molecule has 0 fully saturated rings. The fourth-order valence-electron chi connectivity index (χ4n) is 2.40. The number of benzene rings is 2. The van der Waals surface area contributed by atoms with Crippen molar-refractivity contribution < 1.29 is 9.21 Å². The van der Waals surface area contributed by atoms with Gasteiger partial charge in [-0.25, -0.2) is 5.43 Å². The molecule has 5 nitrogen and oxygen atoms in total. The molecule has 3 rings (SSSR count). The Morgan fingerprint density at radius 1 is 1.15 bits per heavy atom. The molecule has 2 aromatic carbocycles. The molecule has 2 N–H and O–H groups in total. The number of hydrogen-bond donors (Lipinski definition) is 2. The number of aryl methyl sites for hydroxylation is 1. The number of nitrogens with zero attached hydrogens (tertiary/aromatic N) is 1. The summed E-state index contributed by atoms with van der Waals surface area (Å²) in [6, 6.07) is 16.5. The highest BCUT2D eigenvalue weighted by atomic mass is 35.5. The van der Waals surface area contributed by atoms with Gasteiger partial charge in [-0.3, -0.25) is 4.79 Å². The Morgan fingerprint density at radius 3 is 2.78 bits per heavy atom. The average molecular weight is 402 g/mol. The van der Waals surface area contributed by atoms with Crippen LogP contribution >= 0.6 is 23.2 Å². The Labute approximate surface area is 167 Å². The maximum atomic E-state index is 11.8. The SMILES string of the molecule is Cc1cccc(NCC(=O)N/N=C\c2ccc(-c3ccc(Cl)cc3Cl)o2)c1. The molecule has 1 amide bonds. The summed E-state index contributed by atoms with van der Waals surface area (Å²) < 4.78 is 5.67. The summed E-state index contributed by atoms with van der Waals surface area (Å²) in [5.41, 5.74) is 5.17. The normalized spacial score (nSPS) is 10.9. The van der Waals surface area contributed by atoms with Gasteiger partial charge in [0.05, 0.1) is 17.8 Å². The van der Waals surface area contributed by atoms with Crippen molar-refractivity contribution in [3.05, 3.63) is 76.0 Å². The van der Waals surface area contributed by atoms with E-state index in [1.165, 1.54) is 6.21 Å². The molecule has 1 aromatic heterocycles. The molecule has 0 saturated heterocycles.